The summed E-state index contributed by atoms with van der Waals surface area (Å²) in [6.07, 6.45) is 2.34. The Labute approximate surface area is 126 Å². The standard InChI is InChI=1S/C15H17BrN2S/c1-18(8-13-7-11(16)9-19-13)15-5-2-10-6-12(17)3-4-14(10)15/h3-4,6-7,9,15H,2,5,8,17H2,1H3. The second kappa shape index (κ2) is 5.27. The maximum absolute atomic E-state index is 5.86. The zero-order chi connectivity index (χ0) is 13.4. The minimum Gasteiger partial charge on any atom is -0.399 e. The van der Waals surface area contributed by atoms with Crippen LogP contribution in [0.15, 0.2) is 34.1 Å². The largest absolute Gasteiger partial charge is 0.399 e. The van der Waals surface area contributed by atoms with Crippen LogP contribution < -0.4 is 5.73 Å². The molecule has 0 bridgehead atoms. The molecule has 0 saturated carbocycles. The lowest BCUT2D eigenvalue weighted by Gasteiger charge is -2.24. The van der Waals surface area contributed by atoms with E-state index >= 15 is 0 Å². The van der Waals surface area contributed by atoms with Gasteiger partial charge >= 0.3 is 0 Å². The molecule has 0 aliphatic heterocycles. The highest BCUT2D eigenvalue weighted by atomic mass is 79.9. The molecule has 3 rings (SSSR count). The van der Waals surface area contributed by atoms with Crippen molar-refractivity contribution in [3.63, 3.8) is 0 Å². The third-order valence-corrected chi connectivity index (χ3v) is 5.45. The Balaban J connectivity index is 1.77. The zero-order valence-corrected chi connectivity index (χ0v) is 13.3. The van der Waals surface area contributed by atoms with E-state index in [9.17, 15) is 0 Å². The molecule has 1 aromatic heterocycles. The van der Waals surface area contributed by atoms with Gasteiger partial charge in [-0.25, -0.2) is 0 Å². The predicted octanol–water partition coefficient (Wildman–Crippen LogP) is 4.21. The summed E-state index contributed by atoms with van der Waals surface area (Å²) in [6.45, 7) is 1.00. The lowest BCUT2D eigenvalue weighted by molar-refractivity contribution is 0.238. The molecule has 0 amide bonds. The molecule has 4 heteroatoms. The third-order valence-electron chi connectivity index (χ3n) is 3.77. The van der Waals surface area contributed by atoms with Crippen molar-refractivity contribution < 1.29 is 0 Å². The van der Waals surface area contributed by atoms with E-state index in [-0.39, 0.29) is 0 Å². The summed E-state index contributed by atoms with van der Waals surface area (Å²) >= 11 is 5.33. The highest BCUT2D eigenvalue weighted by Gasteiger charge is 2.26. The molecular weight excluding hydrogens is 320 g/mol. The molecular formula is C15H17BrN2S. The molecule has 2 N–H and O–H groups in total. The number of benzene rings is 1. The topological polar surface area (TPSA) is 29.3 Å². The van der Waals surface area contributed by atoms with Gasteiger partial charge in [0, 0.05) is 33.0 Å². The number of hydrogen-bond donors (Lipinski definition) is 1. The molecule has 1 atom stereocenters. The molecule has 1 aliphatic carbocycles. The summed E-state index contributed by atoms with van der Waals surface area (Å²) in [7, 11) is 2.21. The van der Waals surface area contributed by atoms with Gasteiger partial charge < -0.3 is 5.73 Å². The van der Waals surface area contributed by atoms with Crippen LogP contribution in [0.4, 0.5) is 5.69 Å². The summed E-state index contributed by atoms with van der Waals surface area (Å²) in [4.78, 5) is 3.85. The van der Waals surface area contributed by atoms with Crippen LogP contribution in [0, 0.1) is 0 Å². The first kappa shape index (κ1) is 13.2. The Kier molecular flexibility index (Phi) is 3.65. The molecule has 0 saturated heterocycles. The highest BCUT2D eigenvalue weighted by molar-refractivity contribution is 9.10. The maximum atomic E-state index is 5.86. The van der Waals surface area contributed by atoms with Crippen molar-refractivity contribution in [1.82, 2.24) is 4.90 Å². The quantitative estimate of drug-likeness (QED) is 0.850. The number of rotatable bonds is 3. The average molecular weight is 337 g/mol. The van der Waals surface area contributed by atoms with E-state index < -0.39 is 0 Å². The van der Waals surface area contributed by atoms with Gasteiger partial charge in [0.1, 0.15) is 0 Å². The van der Waals surface area contributed by atoms with Gasteiger partial charge in [0.2, 0.25) is 0 Å². The third kappa shape index (κ3) is 2.71. The second-order valence-electron chi connectivity index (χ2n) is 5.16. The Morgan fingerprint density at radius 3 is 3.00 bits per heavy atom. The minimum absolute atomic E-state index is 0.525. The number of anilines is 1. The minimum atomic E-state index is 0.525. The molecule has 2 aromatic rings. The fourth-order valence-electron chi connectivity index (χ4n) is 2.87. The number of fused-ring (bicyclic) bond motifs is 1. The summed E-state index contributed by atoms with van der Waals surface area (Å²) in [5.41, 5.74) is 9.61. The van der Waals surface area contributed by atoms with Crippen LogP contribution in [-0.4, -0.2) is 11.9 Å². The second-order valence-corrected chi connectivity index (χ2v) is 7.07. The number of nitrogens with zero attached hydrogens (tertiary/aromatic N) is 1. The first-order valence-corrected chi connectivity index (χ1v) is 8.12. The summed E-state index contributed by atoms with van der Waals surface area (Å²) in [5.74, 6) is 0. The zero-order valence-electron chi connectivity index (χ0n) is 10.9. The van der Waals surface area contributed by atoms with Crippen LogP contribution in [0.1, 0.15) is 28.5 Å². The number of halogens is 1. The molecule has 2 nitrogen and oxygen atoms in total. The summed E-state index contributed by atoms with van der Waals surface area (Å²) < 4.78 is 1.18. The van der Waals surface area contributed by atoms with Crippen molar-refractivity contribution in [2.75, 3.05) is 12.8 Å². The lowest BCUT2D eigenvalue weighted by Crippen LogP contribution is -2.21. The van der Waals surface area contributed by atoms with E-state index in [1.807, 2.05) is 17.4 Å². The van der Waals surface area contributed by atoms with Crippen LogP contribution in [0.25, 0.3) is 0 Å². The predicted molar refractivity (Wildman–Crippen MR) is 85.4 cm³/mol. The number of thiophene rings is 1. The molecule has 100 valence electrons. The van der Waals surface area contributed by atoms with Gasteiger partial charge in [-0.05, 0) is 65.1 Å². The van der Waals surface area contributed by atoms with Gasteiger partial charge in [-0.15, -0.1) is 11.3 Å². The first-order valence-electron chi connectivity index (χ1n) is 6.45. The van der Waals surface area contributed by atoms with Crippen molar-refractivity contribution in [2.24, 2.45) is 0 Å². The Morgan fingerprint density at radius 1 is 1.42 bits per heavy atom. The number of nitrogen functional groups attached to an aromatic ring is 1. The molecule has 0 radical (unpaired) electrons. The molecule has 19 heavy (non-hydrogen) atoms. The number of hydrogen-bond acceptors (Lipinski definition) is 3. The van der Waals surface area contributed by atoms with Crippen LogP contribution in [0.2, 0.25) is 0 Å². The summed E-state index contributed by atoms with van der Waals surface area (Å²) in [5, 5.41) is 2.15. The van der Waals surface area contributed by atoms with Crippen molar-refractivity contribution in [3.05, 3.63) is 50.1 Å². The smallest absolute Gasteiger partial charge is 0.0354 e. The molecule has 1 aliphatic rings. The monoisotopic (exact) mass is 336 g/mol. The fourth-order valence-corrected chi connectivity index (χ4v) is 4.38. The van der Waals surface area contributed by atoms with Gasteiger partial charge in [-0.1, -0.05) is 6.07 Å². The van der Waals surface area contributed by atoms with Gasteiger partial charge in [-0.2, -0.15) is 0 Å². The van der Waals surface area contributed by atoms with Gasteiger partial charge in [0.15, 0.2) is 0 Å². The van der Waals surface area contributed by atoms with Crippen molar-refractivity contribution in [1.29, 1.82) is 0 Å². The van der Waals surface area contributed by atoms with E-state index in [1.54, 1.807) is 0 Å². The van der Waals surface area contributed by atoms with Gasteiger partial charge in [0.05, 0.1) is 0 Å². The van der Waals surface area contributed by atoms with Crippen molar-refractivity contribution in [3.8, 4) is 0 Å². The normalized spacial score (nSPS) is 17.9. The van der Waals surface area contributed by atoms with Crippen molar-refractivity contribution in [2.45, 2.75) is 25.4 Å². The Bertz CT molecular complexity index is 594. The first-order chi connectivity index (χ1) is 9.13. The maximum Gasteiger partial charge on any atom is 0.0354 e. The van der Waals surface area contributed by atoms with E-state index in [0.717, 1.165) is 18.7 Å². The van der Waals surface area contributed by atoms with E-state index in [0.29, 0.717) is 6.04 Å². The van der Waals surface area contributed by atoms with E-state index in [4.69, 9.17) is 5.73 Å². The molecule has 1 unspecified atom stereocenters. The van der Waals surface area contributed by atoms with E-state index in [2.05, 4.69) is 51.5 Å². The molecule has 0 spiro atoms. The summed E-state index contributed by atoms with van der Waals surface area (Å²) in [6, 6.07) is 9.08. The number of nitrogens with two attached hydrogens (primary N) is 1. The SMILES string of the molecule is CN(Cc1cc(Br)cs1)C1CCc2cc(N)ccc21. The van der Waals surface area contributed by atoms with Crippen molar-refractivity contribution >= 4 is 33.0 Å². The Morgan fingerprint density at radius 2 is 2.26 bits per heavy atom. The highest BCUT2D eigenvalue weighted by Crippen LogP contribution is 2.37. The fraction of sp³-hybridized carbons (Fsp3) is 0.333. The Hall–Kier alpha value is -0.840. The number of aryl methyl sites for hydroxylation is 1. The lowest BCUT2D eigenvalue weighted by atomic mass is 10.1. The molecule has 0 fully saturated rings. The molecule has 1 heterocycles. The molecule has 1 aromatic carbocycles. The van der Waals surface area contributed by atoms with Crippen LogP contribution >= 0.6 is 27.3 Å². The average Bonchev–Trinajstić information content (AvgIpc) is 2.95. The van der Waals surface area contributed by atoms with Crippen LogP contribution in [0.5, 0.6) is 0 Å². The van der Waals surface area contributed by atoms with Gasteiger partial charge in [-0.3, -0.25) is 4.90 Å². The van der Waals surface area contributed by atoms with Crippen LogP contribution in [-0.2, 0) is 13.0 Å². The van der Waals surface area contributed by atoms with E-state index in [1.165, 1.54) is 26.9 Å². The van der Waals surface area contributed by atoms with Crippen LogP contribution in [0.3, 0.4) is 0 Å². The van der Waals surface area contributed by atoms with Gasteiger partial charge in [0.25, 0.3) is 0 Å².